The van der Waals surface area contributed by atoms with Crippen molar-refractivity contribution >= 4 is 49.8 Å². The maximum atomic E-state index is 10.4. The van der Waals surface area contributed by atoms with Crippen LogP contribution in [0.25, 0.3) is 77.2 Å². The van der Waals surface area contributed by atoms with Crippen molar-refractivity contribution < 1.29 is 52.4 Å². The second-order valence-electron chi connectivity index (χ2n) is 11.0. The average molecular weight is 725 g/mol. The molecule has 0 atom stereocenters. The smallest absolute Gasteiger partial charge is 0.143 e. The zero-order chi connectivity index (χ0) is 66.3. The predicted octanol–water partition coefficient (Wildman–Crippen LogP) is 14.9. The van der Waals surface area contributed by atoms with Crippen molar-refractivity contribution in [1.82, 2.24) is 0 Å². The van der Waals surface area contributed by atoms with Gasteiger partial charge in [-0.3, -0.25) is 0 Å². The van der Waals surface area contributed by atoms with Gasteiger partial charge in [0.25, 0.3) is 0 Å². The lowest BCUT2D eigenvalue weighted by Gasteiger charge is -2.27. The molecule has 0 bridgehead atoms. The summed E-state index contributed by atoms with van der Waals surface area (Å²) in [4.78, 5) is 0.283. The highest BCUT2D eigenvalue weighted by Crippen LogP contribution is 2.48. The van der Waals surface area contributed by atoms with Crippen LogP contribution < -0.4 is 4.90 Å². The van der Waals surface area contributed by atoms with Crippen LogP contribution in [-0.4, -0.2) is 0 Å². The SMILES string of the molecule is [2H]c1c([2H])c([2H])c(-c2c([2H])c([2H])c(N(c3c([2H])c([2H])c(-c4c([2H])c([2H])c([2H])c([2H])c4[2H])c([2H])c3[2H])c3c([2H])c(-c4c([2H])c([2H])c([2H])c([2H])c4[2H])c([2H])c4oc5c6c([2H])c([2H])c([2H])c([2H])c6c(-c6c([2H])c([2H])c([2H])c([2H])c6[2H])c([2H])c5c34)c([2H])c2[2H])c([2H])c1[2H]. The molecule has 0 spiro atoms. The first-order chi connectivity index (χ1) is 41.4. The van der Waals surface area contributed by atoms with E-state index in [-0.39, 0.29) is 4.90 Å². The molecule has 0 radical (unpaired) electrons. The highest BCUT2D eigenvalue weighted by atomic mass is 16.3. The normalized spacial score (nSPS) is 20.4. The van der Waals surface area contributed by atoms with E-state index in [1.54, 1.807) is 0 Å². The molecule has 1 aromatic heterocycles. The highest BCUT2D eigenvalue weighted by molar-refractivity contribution is 6.23. The van der Waals surface area contributed by atoms with E-state index in [9.17, 15) is 17.8 Å². The van der Waals surface area contributed by atoms with Crippen molar-refractivity contribution in [2.45, 2.75) is 0 Å². The minimum absolute atomic E-state index is 0.283. The van der Waals surface area contributed by atoms with Gasteiger partial charge in [-0.1, -0.05) is 169 Å². The molecule has 9 aromatic carbocycles. The minimum atomic E-state index is -1.40. The van der Waals surface area contributed by atoms with Gasteiger partial charge >= 0.3 is 0 Å². The summed E-state index contributed by atoms with van der Waals surface area (Å²) in [7, 11) is 0. The van der Waals surface area contributed by atoms with Gasteiger partial charge in [-0.15, -0.1) is 0 Å². The second-order valence-corrected chi connectivity index (χ2v) is 11.0. The minimum Gasteiger partial charge on any atom is -0.455 e. The molecule has 0 saturated heterocycles. The lowest BCUT2D eigenvalue weighted by molar-refractivity contribution is 0.673. The fourth-order valence-electron chi connectivity index (χ4n) is 5.62. The Morgan fingerprint density at radius 2 is 0.778 bits per heavy atom. The molecule has 0 N–H and O–H groups in total. The summed E-state index contributed by atoms with van der Waals surface area (Å²) in [5.41, 5.74) is -13.5. The third-order valence-electron chi connectivity index (χ3n) is 7.94. The van der Waals surface area contributed by atoms with Crippen molar-refractivity contribution in [2.24, 2.45) is 0 Å². The predicted molar refractivity (Wildman–Crippen MR) is 228 cm³/mol. The van der Waals surface area contributed by atoms with Crippen LogP contribution in [0.2, 0.25) is 0 Å². The Labute approximate surface area is 364 Å². The molecule has 0 fully saturated rings. The van der Waals surface area contributed by atoms with Gasteiger partial charge in [0, 0.05) is 22.1 Å². The molecule has 254 valence electrons. The zero-order valence-corrected chi connectivity index (χ0v) is 26.9. The largest absolute Gasteiger partial charge is 0.455 e. The lowest BCUT2D eigenvalue weighted by Crippen LogP contribution is -2.10. The molecule has 0 saturated carbocycles. The summed E-state index contributed by atoms with van der Waals surface area (Å²) in [6.45, 7) is 0. The van der Waals surface area contributed by atoms with E-state index in [0.29, 0.717) is 0 Å². The summed E-state index contributed by atoms with van der Waals surface area (Å²) in [6.07, 6.45) is 0. The van der Waals surface area contributed by atoms with Crippen LogP contribution in [0.1, 0.15) is 48.0 Å². The number of fused-ring (bicyclic) bond motifs is 5. The first-order valence-corrected chi connectivity index (χ1v) is 15.6. The third-order valence-corrected chi connectivity index (χ3v) is 7.94. The molecule has 1 heterocycles. The summed E-state index contributed by atoms with van der Waals surface area (Å²) in [5.74, 6) is 0. The van der Waals surface area contributed by atoms with Gasteiger partial charge in [-0.05, 0) is 92.2 Å². The van der Waals surface area contributed by atoms with Crippen molar-refractivity contribution in [3.05, 3.63) is 211 Å². The Balaban J connectivity index is 1.57. The Morgan fingerprint density at radius 3 is 1.30 bits per heavy atom. The number of rotatable bonds is 7. The summed E-state index contributed by atoms with van der Waals surface area (Å²) in [5, 5.41) is -3.42. The maximum absolute atomic E-state index is 10.4. The van der Waals surface area contributed by atoms with Gasteiger partial charge in [-0.2, -0.15) is 0 Å². The molecule has 54 heavy (non-hydrogen) atoms. The number of hydrogen-bond donors (Lipinski definition) is 0. The van der Waals surface area contributed by atoms with Gasteiger partial charge < -0.3 is 9.32 Å². The molecule has 0 aliphatic rings. The fraction of sp³-hybridized carbons (Fsp3) is 0. The quantitative estimate of drug-likeness (QED) is 0.163. The fourth-order valence-corrected chi connectivity index (χ4v) is 5.62. The van der Waals surface area contributed by atoms with Crippen LogP contribution >= 0.6 is 0 Å². The van der Waals surface area contributed by atoms with E-state index in [1.807, 2.05) is 0 Å². The number of benzene rings is 9. The molecule has 10 rings (SSSR count). The van der Waals surface area contributed by atoms with E-state index in [0.717, 1.165) is 0 Å². The van der Waals surface area contributed by atoms with E-state index in [2.05, 4.69) is 0 Å². The van der Waals surface area contributed by atoms with Crippen molar-refractivity contribution in [1.29, 1.82) is 0 Å². The average Bonchev–Trinajstić information content (AvgIpc) is 1.64. The van der Waals surface area contributed by atoms with E-state index in [1.165, 1.54) is 0 Å². The Morgan fingerprint density at radius 1 is 0.352 bits per heavy atom. The summed E-state index contributed by atoms with van der Waals surface area (Å²) >= 11 is 0. The molecule has 0 aliphatic carbocycles. The van der Waals surface area contributed by atoms with Crippen LogP contribution in [0.15, 0.2) is 216 Å². The van der Waals surface area contributed by atoms with Crippen molar-refractivity contribution in [2.75, 3.05) is 4.90 Å². The molecule has 10 aromatic rings. The maximum Gasteiger partial charge on any atom is 0.143 e. The number of hydrogen-bond acceptors (Lipinski definition) is 2. The number of nitrogens with zero attached hydrogens (tertiary/aromatic N) is 1. The molecular formula is C52H35NO. The first-order valence-electron chi connectivity index (χ1n) is 33.1. The second kappa shape index (κ2) is 13.4. The van der Waals surface area contributed by atoms with Crippen LogP contribution in [0.3, 0.4) is 0 Å². The monoisotopic (exact) mass is 724 g/mol. The molecular weight excluding hydrogens is 655 g/mol. The molecule has 0 amide bonds. The van der Waals surface area contributed by atoms with Crippen molar-refractivity contribution in [3.8, 4) is 44.5 Å². The van der Waals surface area contributed by atoms with Crippen molar-refractivity contribution in [3.63, 3.8) is 0 Å². The van der Waals surface area contributed by atoms with E-state index < -0.39 is 306 Å². The van der Waals surface area contributed by atoms with Gasteiger partial charge in [0.1, 0.15) is 11.2 Å². The van der Waals surface area contributed by atoms with E-state index in [4.69, 9.17) is 34.6 Å². The Bertz CT molecular complexity index is 4660. The molecule has 0 unspecified atom stereocenters. The lowest BCUT2D eigenvalue weighted by atomic mass is 9.94. The molecule has 0 aliphatic heterocycles. The standard InChI is InChI=1S/C52H35NO/c1-5-15-36(16-6-1)39-25-29-43(30-26-39)53(44-31-27-40(28-32-44)37-17-7-2-8-18-37)49-33-42(38-19-9-3-10-20-38)34-50-51(49)48-35-47(41-21-11-4-12-22-41)45-23-13-14-24-46(45)52(48)54-50/h1-35H/i1D,2D,3D,4D,5D,6D,7D,8D,9D,10D,11D,12D,13D,14D,15D,16D,17D,18D,19D,20D,21D,22D,23D,24D,25D,26D,27D,28D,29D,30D,31D,32D,33D,34D,35D. The van der Waals surface area contributed by atoms with Gasteiger partial charge in [0.2, 0.25) is 0 Å². The van der Waals surface area contributed by atoms with Gasteiger partial charge in [0.05, 0.1) is 59.1 Å². The van der Waals surface area contributed by atoms with Crippen LogP contribution in [-0.2, 0) is 0 Å². The molecule has 2 heteroatoms. The number of anilines is 3. The van der Waals surface area contributed by atoms with Crippen LogP contribution in [0, 0.1) is 0 Å². The van der Waals surface area contributed by atoms with Crippen LogP contribution in [0.4, 0.5) is 17.1 Å². The Kier molecular flexibility index (Phi) is 2.97. The van der Waals surface area contributed by atoms with Crippen LogP contribution in [0.5, 0.6) is 0 Å². The summed E-state index contributed by atoms with van der Waals surface area (Å²) in [6, 6.07) is -39.4. The number of furan rings is 1. The van der Waals surface area contributed by atoms with E-state index >= 15 is 0 Å². The first kappa shape index (κ1) is 11.9. The highest BCUT2D eigenvalue weighted by Gasteiger charge is 2.23. The zero-order valence-electron chi connectivity index (χ0n) is 61.9. The topological polar surface area (TPSA) is 16.4 Å². The Hall–Kier alpha value is -7.16. The third kappa shape index (κ3) is 5.62. The van der Waals surface area contributed by atoms with Gasteiger partial charge in [0.15, 0.2) is 0 Å². The summed E-state index contributed by atoms with van der Waals surface area (Å²) < 4.78 is 323. The molecule has 2 nitrogen and oxygen atoms in total. The van der Waals surface area contributed by atoms with Gasteiger partial charge in [-0.25, -0.2) is 0 Å².